The molecule has 2 nitrogen and oxygen atoms in total. The van der Waals surface area contributed by atoms with Gasteiger partial charge < -0.3 is 4.74 Å². The maximum absolute atomic E-state index is 13.0. The van der Waals surface area contributed by atoms with Crippen LogP contribution in [-0.2, 0) is 4.74 Å². The van der Waals surface area contributed by atoms with E-state index in [-0.39, 0.29) is 5.82 Å². The minimum absolute atomic E-state index is 0.152. The van der Waals surface area contributed by atoms with Crippen molar-refractivity contribution in [1.29, 1.82) is 0 Å². The van der Waals surface area contributed by atoms with Crippen molar-refractivity contribution in [3.05, 3.63) is 35.6 Å². The molecular formula is C15H22FNO. The molecule has 1 aliphatic rings. The molecule has 1 aromatic rings. The van der Waals surface area contributed by atoms with Crippen LogP contribution in [0.15, 0.2) is 24.3 Å². The normalized spacial score (nSPS) is 21.1. The second kappa shape index (κ2) is 6.86. The second-order valence-corrected chi connectivity index (χ2v) is 4.95. The standard InChI is InChI=1S/C15H22FNO/c1-18-12-4-11-17-10-3-2-5-15(17)13-6-8-14(16)9-7-13/h6-9,15H,2-5,10-12H2,1H3/t15-/m0/s1. The molecule has 0 unspecified atom stereocenters. The summed E-state index contributed by atoms with van der Waals surface area (Å²) in [4.78, 5) is 2.51. The van der Waals surface area contributed by atoms with Gasteiger partial charge in [-0.15, -0.1) is 0 Å². The van der Waals surface area contributed by atoms with E-state index in [1.807, 2.05) is 12.1 Å². The Kier molecular flexibility index (Phi) is 5.14. The van der Waals surface area contributed by atoms with E-state index >= 15 is 0 Å². The summed E-state index contributed by atoms with van der Waals surface area (Å²) in [6.45, 7) is 3.02. The van der Waals surface area contributed by atoms with Crippen LogP contribution in [0.5, 0.6) is 0 Å². The Morgan fingerprint density at radius 2 is 2.06 bits per heavy atom. The highest BCUT2D eigenvalue weighted by Gasteiger charge is 2.23. The van der Waals surface area contributed by atoms with Crippen molar-refractivity contribution in [3.63, 3.8) is 0 Å². The molecule has 0 aromatic heterocycles. The van der Waals surface area contributed by atoms with Crippen LogP contribution in [0.2, 0.25) is 0 Å². The SMILES string of the molecule is COCCCN1CCCC[C@H]1c1ccc(F)cc1. The lowest BCUT2D eigenvalue weighted by molar-refractivity contribution is 0.122. The average molecular weight is 251 g/mol. The predicted molar refractivity (Wildman–Crippen MR) is 71.1 cm³/mol. The van der Waals surface area contributed by atoms with Gasteiger partial charge in [-0.3, -0.25) is 4.90 Å². The van der Waals surface area contributed by atoms with Crippen LogP contribution >= 0.6 is 0 Å². The highest BCUT2D eigenvalue weighted by atomic mass is 19.1. The van der Waals surface area contributed by atoms with Crippen LogP contribution in [0.25, 0.3) is 0 Å². The molecule has 0 N–H and O–H groups in total. The molecule has 1 heterocycles. The molecule has 1 saturated heterocycles. The van der Waals surface area contributed by atoms with Gasteiger partial charge in [0.2, 0.25) is 0 Å². The molecule has 0 aliphatic carbocycles. The van der Waals surface area contributed by atoms with Crippen LogP contribution in [0, 0.1) is 5.82 Å². The molecular weight excluding hydrogens is 229 g/mol. The van der Waals surface area contributed by atoms with Crippen molar-refractivity contribution >= 4 is 0 Å². The Morgan fingerprint density at radius 1 is 1.28 bits per heavy atom. The Labute approximate surface area is 109 Å². The molecule has 0 amide bonds. The van der Waals surface area contributed by atoms with E-state index in [0.717, 1.165) is 26.1 Å². The smallest absolute Gasteiger partial charge is 0.123 e. The number of likely N-dealkylation sites (tertiary alicyclic amines) is 1. The number of methoxy groups -OCH3 is 1. The number of rotatable bonds is 5. The van der Waals surface area contributed by atoms with Crippen molar-refractivity contribution < 1.29 is 9.13 Å². The lowest BCUT2D eigenvalue weighted by Crippen LogP contribution is -2.34. The van der Waals surface area contributed by atoms with Gasteiger partial charge in [0.1, 0.15) is 5.82 Å². The molecule has 3 heteroatoms. The summed E-state index contributed by atoms with van der Waals surface area (Å²) < 4.78 is 18.1. The summed E-state index contributed by atoms with van der Waals surface area (Å²) in [6, 6.07) is 7.44. The van der Waals surface area contributed by atoms with Crippen LogP contribution in [-0.4, -0.2) is 31.7 Å². The van der Waals surface area contributed by atoms with Gasteiger partial charge in [0.05, 0.1) is 0 Å². The summed E-state index contributed by atoms with van der Waals surface area (Å²) in [5.41, 5.74) is 1.24. The fraction of sp³-hybridized carbons (Fsp3) is 0.600. The zero-order valence-corrected chi connectivity index (χ0v) is 11.1. The third kappa shape index (κ3) is 3.53. The minimum Gasteiger partial charge on any atom is -0.385 e. The van der Waals surface area contributed by atoms with E-state index in [2.05, 4.69) is 4.90 Å². The van der Waals surface area contributed by atoms with Gasteiger partial charge in [-0.25, -0.2) is 4.39 Å². The van der Waals surface area contributed by atoms with Gasteiger partial charge >= 0.3 is 0 Å². The van der Waals surface area contributed by atoms with E-state index in [0.29, 0.717) is 6.04 Å². The molecule has 0 spiro atoms. The van der Waals surface area contributed by atoms with Crippen LogP contribution in [0.3, 0.4) is 0 Å². The molecule has 0 radical (unpaired) electrons. The molecule has 0 saturated carbocycles. The van der Waals surface area contributed by atoms with Gasteiger partial charge in [-0.05, 0) is 43.5 Å². The summed E-state index contributed by atoms with van der Waals surface area (Å²) >= 11 is 0. The number of ether oxygens (including phenoxy) is 1. The van der Waals surface area contributed by atoms with Gasteiger partial charge in [0, 0.05) is 26.3 Å². The summed E-state index contributed by atoms with van der Waals surface area (Å²) in [7, 11) is 1.74. The van der Waals surface area contributed by atoms with Crippen molar-refractivity contribution in [2.24, 2.45) is 0 Å². The molecule has 2 rings (SSSR count). The van der Waals surface area contributed by atoms with Crippen LogP contribution < -0.4 is 0 Å². The van der Waals surface area contributed by atoms with Crippen molar-refractivity contribution in [2.75, 3.05) is 26.8 Å². The van der Waals surface area contributed by atoms with Gasteiger partial charge in [-0.1, -0.05) is 18.6 Å². The van der Waals surface area contributed by atoms with E-state index in [1.165, 1.54) is 24.8 Å². The maximum atomic E-state index is 13.0. The first-order valence-corrected chi connectivity index (χ1v) is 6.79. The number of hydrogen-bond acceptors (Lipinski definition) is 2. The number of halogens is 1. The monoisotopic (exact) mass is 251 g/mol. The van der Waals surface area contributed by atoms with Crippen molar-refractivity contribution in [3.8, 4) is 0 Å². The summed E-state index contributed by atoms with van der Waals surface area (Å²) in [6.07, 6.45) is 4.78. The fourth-order valence-electron chi connectivity index (χ4n) is 2.73. The number of piperidine rings is 1. The van der Waals surface area contributed by atoms with Gasteiger partial charge in [0.25, 0.3) is 0 Å². The fourth-order valence-corrected chi connectivity index (χ4v) is 2.73. The molecule has 18 heavy (non-hydrogen) atoms. The van der Waals surface area contributed by atoms with Gasteiger partial charge in [-0.2, -0.15) is 0 Å². The summed E-state index contributed by atoms with van der Waals surface area (Å²) in [5, 5.41) is 0. The van der Waals surface area contributed by atoms with Crippen LogP contribution in [0.4, 0.5) is 4.39 Å². The van der Waals surface area contributed by atoms with E-state index in [9.17, 15) is 4.39 Å². The third-order valence-electron chi connectivity index (χ3n) is 3.66. The van der Waals surface area contributed by atoms with E-state index in [1.54, 1.807) is 19.2 Å². The first-order chi connectivity index (χ1) is 8.81. The van der Waals surface area contributed by atoms with E-state index in [4.69, 9.17) is 4.74 Å². The third-order valence-corrected chi connectivity index (χ3v) is 3.66. The Morgan fingerprint density at radius 3 is 2.78 bits per heavy atom. The average Bonchev–Trinajstić information content (AvgIpc) is 2.41. The zero-order chi connectivity index (χ0) is 12.8. The largest absolute Gasteiger partial charge is 0.385 e. The molecule has 100 valence electrons. The van der Waals surface area contributed by atoms with Crippen molar-refractivity contribution in [2.45, 2.75) is 31.7 Å². The number of benzene rings is 1. The molecule has 0 bridgehead atoms. The maximum Gasteiger partial charge on any atom is 0.123 e. The Bertz CT molecular complexity index is 352. The topological polar surface area (TPSA) is 12.5 Å². The number of hydrogen-bond donors (Lipinski definition) is 0. The molecule has 1 fully saturated rings. The second-order valence-electron chi connectivity index (χ2n) is 4.95. The quantitative estimate of drug-likeness (QED) is 0.744. The highest BCUT2D eigenvalue weighted by Crippen LogP contribution is 2.30. The lowest BCUT2D eigenvalue weighted by atomic mass is 9.95. The zero-order valence-electron chi connectivity index (χ0n) is 11.1. The first kappa shape index (κ1) is 13.5. The molecule has 1 aliphatic heterocycles. The summed E-state index contributed by atoms with van der Waals surface area (Å²) in [5.74, 6) is -0.152. The Hall–Kier alpha value is -0.930. The van der Waals surface area contributed by atoms with Gasteiger partial charge in [0.15, 0.2) is 0 Å². The van der Waals surface area contributed by atoms with Crippen molar-refractivity contribution in [1.82, 2.24) is 4.90 Å². The molecule has 1 atom stereocenters. The Balaban J connectivity index is 2.00. The molecule has 1 aromatic carbocycles. The first-order valence-electron chi connectivity index (χ1n) is 6.79. The van der Waals surface area contributed by atoms with E-state index < -0.39 is 0 Å². The lowest BCUT2D eigenvalue weighted by Gasteiger charge is -2.36. The minimum atomic E-state index is -0.152. The van der Waals surface area contributed by atoms with Crippen LogP contribution in [0.1, 0.15) is 37.3 Å². The highest BCUT2D eigenvalue weighted by molar-refractivity contribution is 5.20. The predicted octanol–water partition coefficient (Wildman–Crippen LogP) is 3.39. The number of nitrogens with zero attached hydrogens (tertiary/aromatic N) is 1.